The van der Waals surface area contributed by atoms with E-state index < -0.39 is 24.2 Å². The summed E-state index contributed by atoms with van der Waals surface area (Å²) in [6, 6.07) is 4.42. The van der Waals surface area contributed by atoms with Gasteiger partial charge >= 0.3 is 18.1 Å². The summed E-state index contributed by atoms with van der Waals surface area (Å²) in [4.78, 5) is 33.4. The quantitative estimate of drug-likeness (QED) is 0.610. The maximum Gasteiger partial charge on any atom is 0.508 e. The molecule has 0 aliphatic carbocycles. The van der Waals surface area contributed by atoms with Crippen molar-refractivity contribution in [3.63, 3.8) is 0 Å². The van der Waals surface area contributed by atoms with Crippen molar-refractivity contribution in [2.45, 2.75) is 33.8 Å². The van der Waals surface area contributed by atoms with Crippen LogP contribution < -0.4 is 9.47 Å². The van der Waals surface area contributed by atoms with Crippen LogP contribution in [-0.2, 0) is 19.1 Å². The average Bonchev–Trinajstić information content (AvgIpc) is 2.36. The van der Waals surface area contributed by atoms with Crippen LogP contribution in [0.15, 0.2) is 18.2 Å². The zero-order valence-corrected chi connectivity index (χ0v) is 12.9. The highest BCUT2D eigenvalue weighted by molar-refractivity contribution is 5.71. The van der Waals surface area contributed by atoms with Crippen LogP contribution in [-0.4, -0.2) is 24.7 Å². The van der Waals surface area contributed by atoms with Gasteiger partial charge in [-0.3, -0.25) is 9.59 Å². The van der Waals surface area contributed by atoms with Gasteiger partial charge in [0.15, 0.2) is 0 Å². The lowest BCUT2D eigenvalue weighted by atomic mass is 10.1. The molecule has 1 aromatic rings. The summed E-state index contributed by atoms with van der Waals surface area (Å²) in [5, 5.41) is 0. The van der Waals surface area contributed by atoms with E-state index in [-0.39, 0.29) is 18.1 Å². The first-order chi connectivity index (χ1) is 10.3. The fourth-order valence-electron chi connectivity index (χ4n) is 1.64. The summed E-state index contributed by atoms with van der Waals surface area (Å²) >= 11 is 0. The molecule has 0 saturated heterocycles. The van der Waals surface area contributed by atoms with Crippen molar-refractivity contribution in [2.24, 2.45) is 0 Å². The molecule has 1 aromatic carbocycles. The molecule has 0 heterocycles. The lowest BCUT2D eigenvalue weighted by molar-refractivity contribution is -0.132. The molecule has 0 saturated carbocycles. The van der Waals surface area contributed by atoms with Crippen molar-refractivity contribution in [2.75, 3.05) is 6.61 Å². The molecule has 1 atom stereocenters. The molecule has 7 nitrogen and oxygen atoms in total. The SMILES string of the molecule is CCOC(=O)OC(C)c1cc(OC(C)=O)cc(OC(C)=O)c1. The minimum Gasteiger partial charge on any atom is -0.435 e. The summed E-state index contributed by atoms with van der Waals surface area (Å²) in [5.41, 5.74) is 0.489. The van der Waals surface area contributed by atoms with Gasteiger partial charge in [-0.2, -0.15) is 0 Å². The van der Waals surface area contributed by atoms with Crippen LogP contribution in [0.25, 0.3) is 0 Å². The molecule has 0 radical (unpaired) electrons. The summed E-state index contributed by atoms with van der Waals surface area (Å²) < 4.78 is 19.7. The van der Waals surface area contributed by atoms with Crippen LogP contribution in [0, 0.1) is 0 Å². The third-order valence-corrected chi connectivity index (χ3v) is 2.43. The van der Waals surface area contributed by atoms with Crippen LogP contribution >= 0.6 is 0 Å². The van der Waals surface area contributed by atoms with Crippen molar-refractivity contribution in [1.82, 2.24) is 0 Å². The maximum absolute atomic E-state index is 11.3. The van der Waals surface area contributed by atoms with E-state index in [4.69, 9.17) is 18.9 Å². The van der Waals surface area contributed by atoms with Gasteiger partial charge < -0.3 is 18.9 Å². The van der Waals surface area contributed by atoms with Crippen LogP contribution in [0.5, 0.6) is 11.5 Å². The Bertz CT molecular complexity index is 531. The van der Waals surface area contributed by atoms with Crippen LogP contribution in [0.4, 0.5) is 4.79 Å². The summed E-state index contributed by atoms with van der Waals surface area (Å²) in [6.07, 6.45) is -1.49. The number of carbonyl (C=O) groups is 3. The molecule has 0 bridgehead atoms. The highest BCUT2D eigenvalue weighted by atomic mass is 16.7. The molecule has 1 unspecified atom stereocenters. The molecule has 0 spiro atoms. The first kappa shape index (κ1) is 17.5. The van der Waals surface area contributed by atoms with Crippen molar-refractivity contribution in [1.29, 1.82) is 0 Å². The topological polar surface area (TPSA) is 88.1 Å². The maximum atomic E-state index is 11.3. The van der Waals surface area contributed by atoms with Gasteiger partial charge in [0, 0.05) is 19.9 Å². The van der Waals surface area contributed by atoms with E-state index in [2.05, 4.69) is 0 Å². The number of carbonyl (C=O) groups excluding carboxylic acids is 3. The Hall–Kier alpha value is -2.57. The Labute approximate surface area is 128 Å². The highest BCUT2D eigenvalue weighted by Gasteiger charge is 2.16. The number of ether oxygens (including phenoxy) is 4. The lowest BCUT2D eigenvalue weighted by Gasteiger charge is -2.15. The second-order valence-corrected chi connectivity index (χ2v) is 4.37. The Kier molecular flexibility index (Phi) is 6.37. The standard InChI is InChI=1S/C15H18O7/c1-5-19-15(18)20-9(2)12-6-13(21-10(3)16)8-14(7-12)22-11(4)17/h6-9H,5H2,1-4H3. The molecule has 0 aliphatic rings. The number of rotatable bonds is 5. The van der Waals surface area contributed by atoms with Gasteiger partial charge in [0.1, 0.15) is 17.6 Å². The normalized spacial score (nSPS) is 11.3. The fourth-order valence-corrected chi connectivity index (χ4v) is 1.64. The first-order valence-electron chi connectivity index (χ1n) is 6.67. The molecule has 0 N–H and O–H groups in total. The zero-order valence-electron chi connectivity index (χ0n) is 12.9. The third kappa shape index (κ3) is 5.82. The zero-order chi connectivity index (χ0) is 16.7. The Morgan fingerprint density at radius 1 is 1.00 bits per heavy atom. The predicted molar refractivity (Wildman–Crippen MR) is 75.6 cm³/mol. The molecule has 7 heteroatoms. The van der Waals surface area contributed by atoms with Crippen LogP contribution in [0.3, 0.4) is 0 Å². The first-order valence-corrected chi connectivity index (χ1v) is 6.67. The highest BCUT2D eigenvalue weighted by Crippen LogP contribution is 2.28. The Balaban J connectivity index is 3.02. The molecule has 120 valence electrons. The van der Waals surface area contributed by atoms with Crippen molar-refractivity contribution >= 4 is 18.1 Å². The average molecular weight is 310 g/mol. The van der Waals surface area contributed by atoms with Gasteiger partial charge in [-0.25, -0.2) is 4.79 Å². The van der Waals surface area contributed by atoms with E-state index in [1.807, 2.05) is 0 Å². The minimum atomic E-state index is -0.818. The van der Waals surface area contributed by atoms with Gasteiger partial charge in [0.05, 0.1) is 6.61 Å². The third-order valence-electron chi connectivity index (χ3n) is 2.43. The predicted octanol–water partition coefficient (Wildman–Crippen LogP) is 2.77. The van der Waals surface area contributed by atoms with Crippen molar-refractivity contribution < 1.29 is 33.3 Å². The smallest absolute Gasteiger partial charge is 0.435 e. The van der Waals surface area contributed by atoms with Gasteiger partial charge in [-0.15, -0.1) is 0 Å². The van der Waals surface area contributed by atoms with E-state index in [9.17, 15) is 14.4 Å². The fraction of sp³-hybridized carbons (Fsp3) is 0.400. The van der Waals surface area contributed by atoms with Gasteiger partial charge in [-0.1, -0.05) is 0 Å². The number of hydrogen-bond donors (Lipinski definition) is 0. The molecule has 0 aliphatic heterocycles. The van der Waals surface area contributed by atoms with Gasteiger partial charge in [-0.05, 0) is 31.5 Å². The molecule has 0 amide bonds. The second-order valence-electron chi connectivity index (χ2n) is 4.37. The number of esters is 2. The summed E-state index contributed by atoms with van der Waals surface area (Å²) in [7, 11) is 0. The molecule has 22 heavy (non-hydrogen) atoms. The van der Waals surface area contributed by atoms with Crippen LogP contribution in [0.2, 0.25) is 0 Å². The largest absolute Gasteiger partial charge is 0.508 e. The minimum absolute atomic E-state index is 0.181. The van der Waals surface area contributed by atoms with E-state index in [0.717, 1.165) is 0 Å². The van der Waals surface area contributed by atoms with E-state index in [1.54, 1.807) is 13.8 Å². The molecular weight excluding hydrogens is 292 g/mol. The molecular formula is C15H18O7. The van der Waals surface area contributed by atoms with E-state index in [0.29, 0.717) is 5.56 Å². The Morgan fingerprint density at radius 2 is 1.50 bits per heavy atom. The lowest BCUT2D eigenvalue weighted by Crippen LogP contribution is -2.11. The second kappa shape index (κ2) is 8.02. The number of hydrogen-bond acceptors (Lipinski definition) is 7. The van der Waals surface area contributed by atoms with Gasteiger partial charge in [0.2, 0.25) is 0 Å². The van der Waals surface area contributed by atoms with Crippen molar-refractivity contribution in [3.8, 4) is 11.5 Å². The monoisotopic (exact) mass is 310 g/mol. The summed E-state index contributed by atoms with van der Waals surface area (Å²) in [5.74, 6) is -0.684. The summed E-state index contributed by atoms with van der Waals surface area (Å²) in [6.45, 7) is 5.96. The van der Waals surface area contributed by atoms with Crippen LogP contribution in [0.1, 0.15) is 39.4 Å². The number of benzene rings is 1. The molecule has 1 rings (SSSR count). The van der Waals surface area contributed by atoms with E-state index in [1.165, 1.54) is 32.0 Å². The molecule has 0 aromatic heterocycles. The Morgan fingerprint density at radius 3 is 1.91 bits per heavy atom. The van der Waals surface area contributed by atoms with Gasteiger partial charge in [0.25, 0.3) is 0 Å². The van der Waals surface area contributed by atoms with E-state index >= 15 is 0 Å². The van der Waals surface area contributed by atoms with Crippen molar-refractivity contribution in [3.05, 3.63) is 23.8 Å². The molecule has 0 fully saturated rings.